The zero-order valence-electron chi connectivity index (χ0n) is 13.5. The van der Waals surface area contributed by atoms with Gasteiger partial charge in [0.25, 0.3) is 0 Å². The van der Waals surface area contributed by atoms with Gasteiger partial charge in [0.15, 0.2) is 0 Å². The van der Waals surface area contributed by atoms with E-state index in [4.69, 9.17) is 0 Å². The summed E-state index contributed by atoms with van der Waals surface area (Å²) in [7, 11) is 2.45. The van der Waals surface area contributed by atoms with E-state index < -0.39 is 17.6 Å². The molecule has 0 aliphatic heterocycles. The molecule has 23 heavy (non-hydrogen) atoms. The van der Waals surface area contributed by atoms with E-state index in [1.807, 2.05) is 13.8 Å². The quantitative estimate of drug-likeness (QED) is 0.782. The van der Waals surface area contributed by atoms with Crippen LogP contribution in [-0.2, 0) is 15.7 Å². The third kappa shape index (κ3) is 4.71. The Balaban J connectivity index is 0.00000127. The Morgan fingerprint density at radius 2 is 1.91 bits per heavy atom. The zero-order valence-corrected chi connectivity index (χ0v) is 13.5. The molecule has 7 heteroatoms. The number of hydrogen-bond donors (Lipinski definition) is 0. The van der Waals surface area contributed by atoms with Gasteiger partial charge in [0.1, 0.15) is 5.56 Å². The normalized spacial score (nSPS) is 16.7. The van der Waals surface area contributed by atoms with Gasteiger partial charge >= 0.3 is 12.1 Å². The fourth-order valence-corrected chi connectivity index (χ4v) is 2.17. The molecule has 4 nitrogen and oxygen atoms in total. The van der Waals surface area contributed by atoms with Gasteiger partial charge in [0, 0.05) is 6.20 Å². The number of carbonyl (C=O) groups is 1. The molecule has 2 rings (SSSR count). The average molecular weight is 331 g/mol. The lowest BCUT2D eigenvalue weighted by atomic mass is 9.79. The summed E-state index contributed by atoms with van der Waals surface area (Å²) in [6.07, 6.45) is -0.602. The summed E-state index contributed by atoms with van der Waals surface area (Å²) in [5.74, 6) is -0.948. The second-order valence-corrected chi connectivity index (χ2v) is 4.75. The second kappa shape index (κ2) is 7.99. The van der Waals surface area contributed by atoms with Crippen LogP contribution in [0, 0.1) is 5.92 Å². The number of rotatable bonds is 3. The molecule has 1 aliphatic rings. The molecule has 1 fully saturated rings. The first-order valence-corrected chi connectivity index (χ1v) is 7.23. The monoisotopic (exact) mass is 331 g/mol. The first-order valence-electron chi connectivity index (χ1n) is 7.23. The fourth-order valence-electron chi connectivity index (χ4n) is 2.17. The van der Waals surface area contributed by atoms with E-state index in [2.05, 4.69) is 14.5 Å². The summed E-state index contributed by atoms with van der Waals surface area (Å²) in [5, 5.41) is 0. The van der Waals surface area contributed by atoms with Crippen molar-refractivity contribution in [2.24, 2.45) is 5.92 Å². The number of aromatic nitrogens is 1. The van der Waals surface area contributed by atoms with Crippen LogP contribution in [0.25, 0.3) is 6.08 Å². The number of ether oxygens (including phenoxy) is 2. The van der Waals surface area contributed by atoms with Crippen LogP contribution in [0.15, 0.2) is 17.8 Å². The van der Waals surface area contributed by atoms with Crippen LogP contribution in [0.5, 0.6) is 5.88 Å². The van der Waals surface area contributed by atoms with Crippen LogP contribution in [0.2, 0.25) is 0 Å². The molecule has 1 heterocycles. The van der Waals surface area contributed by atoms with Crippen LogP contribution in [-0.4, -0.2) is 25.2 Å². The number of hydrogen-bond acceptors (Lipinski definition) is 4. The number of nitrogens with zero attached hydrogens (tertiary/aromatic N) is 1. The predicted molar refractivity (Wildman–Crippen MR) is 79.9 cm³/mol. The lowest BCUT2D eigenvalue weighted by Gasteiger charge is -2.26. The molecule has 1 aromatic heterocycles. The van der Waals surface area contributed by atoms with Crippen molar-refractivity contribution < 1.29 is 27.4 Å². The minimum atomic E-state index is -4.53. The predicted octanol–water partition coefficient (Wildman–Crippen LogP) is 4.10. The Morgan fingerprint density at radius 1 is 1.30 bits per heavy atom. The highest BCUT2D eigenvalue weighted by molar-refractivity contribution is 5.76. The van der Waals surface area contributed by atoms with Gasteiger partial charge < -0.3 is 9.47 Å². The molecule has 1 aromatic rings. The van der Waals surface area contributed by atoms with Crippen molar-refractivity contribution in [2.45, 2.75) is 32.9 Å². The maximum absolute atomic E-state index is 12.9. The standard InChI is InChI=1S/C14H14F3NO3.C2H6/c1-20-12-11(14(15,16)17)6-9(7-18-12)3-8-4-10(5-8)13(19)21-2;1-2/h3,6-7,10H,4-5H2,1-2H3;1-2H3. The average Bonchev–Trinajstić information content (AvgIpc) is 2.50. The summed E-state index contributed by atoms with van der Waals surface area (Å²) in [5.41, 5.74) is 0.315. The van der Waals surface area contributed by atoms with Crippen molar-refractivity contribution in [3.05, 3.63) is 29.0 Å². The van der Waals surface area contributed by atoms with Gasteiger partial charge in [-0.2, -0.15) is 13.2 Å². The lowest BCUT2D eigenvalue weighted by Crippen LogP contribution is -2.25. The molecule has 0 aromatic carbocycles. The number of allylic oxidation sites excluding steroid dienone is 1. The van der Waals surface area contributed by atoms with Gasteiger partial charge in [-0.3, -0.25) is 4.79 Å². The van der Waals surface area contributed by atoms with E-state index in [1.54, 1.807) is 6.08 Å². The summed E-state index contributed by atoms with van der Waals surface area (Å²) in [4.78, 5) is 14.9. The maximum atomic E-state index is 12.9. The first kappa shape index (κ1) is 19.0. The molecule has 1 saturated carbocycles. The summed E-state index contributed by atoms with van der Waals surface area (Å²) < 4.78 is 47.8. The van der Waals surface area contributed by atoms with Gasteiger partial charge in [0.05, 0.1) is 20.1 Å². The minimum Gasteiger partial charge on any atom is -0.481 e. The lowest BCUT2D eigenvalue weighted by molar-refractivity contribution is -0.146. The Labute approximate surface area is 133 Å². The SMILES string of the molecule is CC.COC(=O)C1CC(=Cc2cnc(OC)c(C(F)(F)F)c2)C1. The highest BCUT2D eigenvalue weighted by atomic mass is 19.4. The zero-order chi connectivity index (χ0) is 17.6. The van der Waals surface area contributed by atoms with E-state index in [0.717, 1.165) is 18.7 Å². The summed E-state index contributed by atoms with van der Waals surface area (Å²) >= 11 is 0. The number of alkyl halides is 3. The van der Waals surface area contributed by atoms with E-state index in [-0.39, 0.29) is 11.9 Å². The highest BCUT2D eigenvalue weighted by Crippen LogP contribution is 2.38. The van der Waals surface area contributed by atoms with Crippen molar-refractivity contribution in [3.8, 4) is 5.88 Å². The molecule has 1 aliphatic carbocycles. The topological polar surface area (TPSA) is 48.4 Å². The Hall–Kier alpha value is -2.05. The third-order valence-corrected chi connectivity index (χ3v) is 3.29. The van der Waals surface area contributed by atoms with E-state index in [0.29, 0.717) is 18.4 Å². The third-order valence-electron chi connectivity index (χ3n) is 3.29. The molecule has 128 valence electrons. The van der Waals surface area contributed by atoms with Crippen LogP contribution < -0.4 is 4.74 Å². The Morgan fingerprint density at radius 3 is 2.39 bits per heavy atom. The first-order chi connectivity index (χ1) is 10.8. The molecule has 0 saturated heterocycles. The second-order valence-electron chi connectivity index (χ2n) is 4.75. The molecule has 0 unspecified atom stereocenters. The number of pyridine rings is 1. The van der Waals surface area contributed by atoms with Crippen molar-refractivity contribution in [1.82, 2.24) is 4.98 Å². The van der Waals surface area contributed by atoms with Gasteiger partial charge in [0.2, 0.25) is 5.88 Å². The fraction of sp³-hybridized carbons (Fsp3) is 0.500. The Kier molecular flexibility index (Phi) is 6.60. The van der Waals surface area contributed by atoms with Gasteiger partial charge in [-0.15, -0.1) is 0 Å². The van der Waals surface area contributed by atoms with Gasteiger partial charge in [-0.1, -0.05) is 25.5 Å². The highest BCUT2D eigenvalue weighted by Gasteiger charge is 2.36. The summed E-state index contributed by atoms with van der Waals surface area (Å²) in [6.45, 7) is 4.00. The molecule has 0 radical (unpaired) electrons. The van der Waals surface area contributed by atoms with E-state index in [1.165, 1.54) is 13.3 Å². The molecule has 0 bridgehead atoms. The number of carbonyl (C=O) groups excluding carboxylic acids is 1. The molecule has 0 N–H and O–H groups in total. The number of methoxy groups -OCH3 is 2. The van der Waals surface area contributed by atoms with Gasteiger partial charge in [-0.05, 0) is 24.5 Å². The molecular formula is C16H20F3NO3. The minimum absolute atomic E-state index is 0.199. The number of esters is 1. The maximum Gasteiger partial charge on any atom is 0.421 e. The van der Waals surface area contributed by atoms with Crippen molar-refractivity contribution in [2.75, 3.05) is 14.2 Å². The molecule has 0 amide bonds. The van der Waals surface area contributed by atoms with E-state index >= 15 is 0 Å². The van der Waals surface area contributed by atoms with Crippen LogP contribution >= 0.6 is 0 Å². The largest absolute Gasteiger partial charge is 0.481 e. The van der Waals surface area contributed by atoms with Gasteiger partial charge in [-0.25, -0.2) is 4.98 Å². The molecular weight excluding hydrogens is 311 g/mol. The smallest absolute Gasteiger partial charge is 0.421 e. The van der Waals surface area contributed by atoms with Crippen LogP contribution in [0.1, 0.15) is 37.8 Å². The van der Waals surface area contributed by atoms with Crippen LogP contribution in [0.3, 0.4) is 0 Å². The summed E-state index contributed by atoms with van der Waals surface area (Å²) in [6, 6.07) is 0.990. The van der Waals surface area contributed by atoms with E-state index in [9.17, 15) is 18.0 Å². The number of halogens is 3. The van der Waals surface area contributed by atoms with Crippen molar-refractivity contribution in [3.63, 3.8) is 0 Å². The Bertz CT molecular complexity index is 574. The van der Waals surface area contributed by atoms with Crippen LogP contribution in [0.4, 0.5) is 13.2 Å². The molecule has 0 spiro atoms. The van der Waals surface area contributed by atoms with Crippen molar-refractivity contribution >= 4 is 12.0 Å². The van der Waals surface area contributed by atoms with Crippen molar-refractivity contribution in [1.29, 1.82) is 0 Å². The molecule has 0 atom stereocenters.